The molecule has 2 aromatic rings. The SMILES string of the molecule is OCc1ccc(-c2cc(F)c(N3CCCCC3)c(F)c2)s1. The first-order valence-corrected chi connectivity index (χ1v) is 7.94. The monoisotopic (exact) mass is 309 g/mol. The molecule has 1 aromatic heterocycles. The molecule has 1 fully saturated rings. The highest BCUT2D eigenvalue weighted by molar-refractivity contribution is 7.15. The summed E-state index contributed by atoms with van der Waals surface area (Å²) < 4.78 is 28.7. The normalized spacial score (nSPS) is 15.5. The molecule has 2 heterocycles. The van der Waals surface area contributed by atoms with Crippen LogP contribution < -0.4 is 4.90 Å². The highest BCUT2D eigenvalue weighted by Gasteiger charge is 2.20. The highest BCUT2D eigenvalue weighted by atomic mass is 32.1. The molecule has 5 heteroatoms. The van der Waals surface area contributed by atoms with Crippen LogP contribution in [0.5, 0.6) is 0 Å². The van der Waals surface area contributed by atoms with Crippen LogP contribution >= 0.6 is 11.3 Å². The molecule has 0 radical (unpaired) electrons. The molecule has 1 aromatic carbocycles. The van der Waals surface area contributed by atoms with E-state index in [9.17, 15) is 8.78 Å². The Kier molecular flexibility index (Phi) is 4.22. The number of halogens is 2. The summed E-state index contributed by atoms with van der Waals surface area (Å²) in [4.78, 5) is 3.35. The Balaban J connectivity index is 1.95. The minimum Gasteiger partial charge on any atom is -0.391 e. The lowest BCUT2D eigenvalue weighted by molar-refractivity contribution is 0.285. The highest BCUT2D eigenvalue weighted by Crippen LogP contribution is 2.34. The van der Waals surface area contributed by atoms with Crippen molar-refractivity contribution in [2.75, 3.05) is 18.0 Å². The van der Waals surface area contributed by atoms with Crippen LogP contribution in [0.1, 0.15) is 24.1 Å². The van der Waals surface area contributed by atoms with E-state index in [2.05, 4.69) is 0 Å². The Bertz CT molecular complexity index is 612. The van der Waals surface area contributed by atoms with Crippen LogP contribution in [0.25, 0.3) is 10.4 Å². The van der Waals surface area contributed by atoms with Crippen molar-refractivity contribution < 1.29 is 13.9 Å². The molecule has 1 aliphatic rings. The van der Waals surface area contributed by atoms with E-state index in [-0.39, 0.29) is 12.3 Å². The van der Waals surface area contributed by atoms with Crippen LogP contribution in [0.4, 0.5) is 14.5 Å². The smallest absolute Gasteiger partial charge is 0.150 e. The van der Waals surface area contributed by atoms with E-state index in [4.69, 9.17) is 5.11 Å². The molecule has 1 saturated heterocycles. The Labute approximate surface area is 126 Å². The Hall–Kier alpha value is -1.46. The van der Waals surface area contributed by atoms with Gasteiger partial charge in [0.15, 0.2) is 0 Å². The van der Waals surface area contributed by atoms with Gasteiger partial charge in [-0.25, -0.2) is 8.78 Å². The Morgan fingerprint density at radius 2 is 1.71 bits per heavy atom. The molecule has 0 atom stereocenters. The Morgan fingerprint density at radius 1 is 1.05 bits per heavy atom. The number of anilines is 1. The summed E-state index contributed by atoms with van der Waals surface area (Å²) in [6.07, 6.45) is 3.08. The standard InChI is InChI=1S/C16H17F2NOS/c17-13-8-11(15-5-4-12(10-20)21-15)9-14(18)16(13)19-6-2-1-3-7-19/h4-5,8-9,20H,1-3,6-7,10H2. The van der Waals surface area contributed by atoms with Crippen LogP contribution in [0, 0.1) is 11.6 Å². The molecule has 21 heavy (non-hydrogen) atoms. The third-order valence-corrected chi connectivity index (χ3v) is 4.91. The zero-order valence-electron chi connectivity index (χ0n) is 11.6. The van der Waals surface area contributed by atoms with Gasteiger partial charge >= 0.3 is 0 Å². The van der Waals surface area contributed by atoms with E-state index in [1.807, 2.05) is 0 Å². The molecule has 0 unspecified atom stereocenters. The lowest BCUT2D eigenvalue weighted by Crippen LogP contribution is -2.31. The summed E-state index contributed by atoms with van der Waals surface area (Å²) in [5.74, 6) is -1.02. The minimum atomic E-state index is -0.508. The predicted octanol–water partition coefficient (Wildman–Crippen LogP) is 4.18. The average molecular weight is 309 g/mol. The van der Waals surface area contributed by atoms with Crippen molar-refractivity contribution in [2.24, 2.45) is 0 Å². The number of hydrogen-bond acceptors (Lipinski definition) is 3. The van der Waals surface area contributed by atoms with E-state index >= 15 is 0 Å². The van der Waals surface area contributed by atoms with Crippen LogP contribution in [0.15, 0.2) is 24.3 Å². The first kappa shape index (κ1) is 14.5. The largest absolute Gasteiger partial charge is 0.391 e. The number of aliphatic hydroxyl groups is 1. The van der Waals surface area contributed by atoms with Gasteiger partial charge in [0.25, 0.3) is 0 Å². The summed E-state index contributed by atoms with van der Waals surface area (Å²) in [5, 5.41) is 9.08. The molecule has 2 nitrogen and oxygen atoms in total. The van der Waals surface area contributed by atoms with Gasteiger partial charge in [0.2, 0.25) is 0 Å². The number of piperidine rings is 1. The van der Waals surface area contributed by atoms with Crippen LogP contribution in [0.2, 0.25) is 0 Å². The lowest BCUT2D eigenvalue weighted by Gasteiger charge is -2.29. The maximum atomic E-state index is 14.3. The third-order valence-electron chi connectivity index (χ3n) is 3.79. The van der Waals surface area contributed by atoms with Crippen molar-refractivity contribution in [3.63, 3.8) is 0 Å². The number of rotatable bonds is 3. The number of hydrogen-bond donors (Lipinski definition) is 1. The fourth-order valence-electron chi connectivity index (χ4n) is 2.75. The number of aliphatic hydroxyl groups excluding tert-OH is 1. The van der Waals surface area contributed by atoms with Gasteiger partial charge in [-0.2, -0.15) is 0 Å². The second kappa shape index (κ2) is 6.12. The van der Waals surface area contributed by atoms with Crippen molar-refractivity contribution in [1.82, 2.24) is 0 Å². The number of thiophene rings is 1. The summed E-state index contributed by atoms with van der Waals surface area (Å²) in [6.45, 7) is 1.36. The zero-order valence-corrected chi connectivity index (χ0v) is 12.4. The van der Waals surface area contributed by atoms with Crippen molar-refractivity contribution in [3.05, 3.63) is 40.8 Å². The second-order valence-electron chi connectivity index (χ2n) is 5.26. The maximum absolute atomic E-state index is 14.3. The summed E-state index contributed by atoms with van der Waals surface area (Å²) in [6, 6.07) is 6.33. The van der Waals surface area contributed by atoms with E-state index < -0.39 is 11.6 Å². The van der Waals surface area contributed by atoms with E-state index in [0.29, 0.717) is 18.7 Å². The molecular formula is C16H17F2NOS. The molecule has 112 valence electrons. The molecule has 1 aliphatic heterocycles. The lowest BCUT2D eigenvalue weighted by atomic mass is 10.1. The van der Waals surface area contributed by atoms with Crippen molar-refractivity contribution in [3.8, 4) is 10.4 Å². The third kappa shape index (κ3) is 2.94. The van der Waals surface area contributed by atoms with Crippen molar-refractivity contribution in [2.45, 2.75) is 25.9 Å². The molecule has 0 spiro atoms. The molecular weight excluding hydrogens is 292 g/mol. The van der Waals surface area contributed by atoms with Gasteiger partial charge in [-0.15, -0.1) is 11.3 Å². The summed E-state index contributed by atoms with van der Waals surface area (Å²) in [7, 11) is 0. The van der Waals surface area contributed by atoms with Gasteiger partial charge in [0.1, 0.15) is 17.3 Å². The minimum absolute atomic E-state index is 0.0541. The van der Waals surface area contributed by atoms with Crippen molar-refractivity contribution in [1.29, 1.82) is 0 Å². The fraction of sp³-hybridized carbons (Fsp3) is 0.375. The van der Waals surface area contributed by atoms with Gasteiger partial charge in [-0.3, -0.25) is 0 Å². The number of nitrogens with zero attached hydrogens (tertiary/aromatic N) is 1. The van der Waals surface area contributed by atoms with Gasteiger partial charge < -0.3 is 10.0 Å². The molecule has 0 bridgehead atoms. The van der Waals surface area contributed by atoms with Crippen LogP contribution in [0.3, 0.4) is 0 Å². The Morgan fingerprint density at radius 3 is 2.29 bits per heavy atom. The first-order chi connectivity index (χ1) is 10.2. The molecule has 0 aliphatic carbocycles. The fourth-order valence-corrected chi connectivity index (χ4v) is 3.60. The van der Waals surface area contributed by atoms with E-state index in [1.54, 1.807) is 17.0 Å². The molecule has 1 N–H and O–H groups in total. The zero-order chi connectivity index (χ0) is 14.8. The van der Waals surface area contributed by atoms with Crippen LogP contribution in [-0.4, -0.2) is 18.2 Å². The van der Waals surface area contributed by atoms with Gasteiger partial charge in [-0.05, 0) is 49.1 Å². The summed E-state index contributed by atoms with van der Waals surface area (Å²) >= 11 is 1.35. The second-order valence-corrected chi connectivity index (χ2v) is 6.43. The first-order valence-electron chi connectivity index (χ1n) is 7.13. The average Bonchev–Trinajstić information content (AvgIpc) is 2.96. The number of benzene rings is 1. The van der Waals surface area contributed by atoms with Crippen molar-refractivity contribution >= 4 is 17.0 Å². The summed E-state index contributed by atoms with van der Waals surface area (Å²) in [5.41, 5.74) is 0.618. The predicted molar refractivity (Wildman–Crippen MR) is 81.7 cm³/mol. The quantitative estimate of drug-likeness (QED) is 0.919. The van der Waals surface area contributed by atoms with E-state index in [1.165, 1.54) is 23.5 Å². The van der Waals surface area contributed by atoms with Gasteiger partial charge in [0.05, 0.1) is 6.61 Å². The molecule has 3 rings (SSSR count). The molecule has 0 amide bonds. The molecule has 0 saturated carbocycles. The van der Waals surface area contributed by atoms with Gasteiger partial charge in [0, 0.05) is 22.8 Å². The topological polar surface area (TPSA) is 23.5 Å². The maximum Gasteiger partial charge on any atom is 0.150 e. The van der Waals surface area contributed by atoms with E-state index in [0.717, 1.165) is 29.0 Å². The van der Waals surface area contributed by atoms with Crippen LogP contribution in [-0.2, 0) is 6.61 Å². The van der Waals surface area contributed by atoms with Gasteiger partial charge in [-0.1, -0.05) is 0 Å².